The average molecular weight is 530 g/mol. The third kappa shape index (κ3) is 5.36. The second-order valence-corrected chi connectivity index (χ2v) is 14.5. The molecule has 5 rings (SSSR count). The molecule has 0 radical (unpaired) electrons. The lowest BCUT2D eigenvalue weighted by Gasteiger charge is -2.35. The van der Waals surface area contributed by atoms with Crippen molar-refractivity contribution in [2.45, 2.75) is 31.6 Å². The Morgan fingerprint density at radius 1 is 0.784 bits per heavy atom. The number of fused-ring (bicyclic) bond motifs is 1. The van der Waals surface area contributed by atoms with Gasteiger partial charge in [-0.1, -0.05) is 91.0 Å². The van der Waals surface area contributed by atoms with E-state index in [-0.39, 0.29) is 12.8 Å². The van der Waals surface area contributed by atoms with Crippen molar-refractivity contribution in [3.05, 3.63) is 114 Å². The highest BCUT2D eigenvalue weighted by Gasteiger charge is 2.35. The molecule has 4 aromatic rings. The minimum Gasteiger partial charge on any atom is -0.454 e. The van der Waals surface area contributed by atoms with Crippen molar-refractivity contribution >= 4 is 34.8 Å². The highest BCUT2D eigenvalue weighted by atomic mass is 32.2. The van der Waals surface area contributed by atoms with Gasteiger partial charge in [-0.15, -0.1) is 0 Å². The highest BCUT2D eigenvalue weighted by molar-refractivity contribution is 7.84. The summed E-state index contributed by atoms with van der Waals surface area (Å²) in [6, 6.07) is 35.6. The summed E-state index contributed by atoms with van der Waals surface area (Å²) in [5, 5.41) is 3.66. The monoisotopic (exact) mass is 529 g/mol. The number of hydrogen-bond acceptors (Lipinski definition) is 3. The van der Waals surface area contributed by atoms with Gasteiger partial charge >= 0.3 is 0 Å². The molecule has 4 nitrogen and oxygen atoms in total. The van der Waals surface area contributed by atoms with Crippen molar-refractivity contribution in [3.8, 4) is 11.5 Å². The number of ether oxygens (including phenoxy) is 2. The van der Waals surface area contributed by atoms with E-state index in [0.717, 1.165) is 22.6 Å². The van der Waals surface area contributed by atoms with E-state index in [4.69, 9.17) is 9.47 Å². The van der Waals surface area contributed by atoms with Crippen molar-refractivity contribution in [1.82, 2.24) is 4.31 Å². The normalized spacial score (nSPS) is 14.6. The maximum absolute atomic E-state index is 13.8. The summed E-state index contributed by atoms with van der Waals surface area (Å²) < 4.78 is 27.1. The Kier molecular flexibility index (Phi) is 7.48. The predicted octanol–water partition coefficient (Wildman–Crippen LogP) is 5.66. The van der Waals surface area contributed by atoms with E-state index in [2.05, 4.69) is 84.9 Å². The molecule has 0 fully saturated rings. The van der Waals surface area contributed by atoms with Crippen molar-refractivity contribution in [2.24, 2.45) is 0 Å². The second-order valence-electron chi connectivity index (χ2n) is 9.99. The van der Waals surface area contributed by atoms with Gasteiger partial charge in [0.15, 0.2) is 11.5 Å². The molecule has 1 aliphatic rings. The van der Waals surface area contributed by atoms with Crippen LogP contribution in [0.5, 0.6) is 11.5 Å². The Morgan fingerprint density at radius 2 is 1.27 bits per heavy atom. The summed E-state index contributed by atoms with van der Waals surface area (Å²) in [6.45, 7) is 6.25. The van der Waals surface area contributed by atoms with Crippen molar-refractivity contribution < 1.29 is 13.7 Å². The molecule has 0 aliphatic carbocycles. The Hall–Kier alpha value is -2.98. The molecule has 1 aliphatic heterocycles. The molecule has 0 spiro atoms. The molecule has 2 atom stereocenters. The lowest BCUT2D eigenvalue weighted by atomic mass is 9.98. The first-order valence-electron chi connectivity index (χ1n) is 12.4. The van der Waals surface area contributed by atoms with E-state index in [9.17, 15) is 4.21 Å². The van der Waals surface area contributed by atoms with E-state index in [0.29, 0.717) is 0 Å². The van der Waals surface area contributed by atoms with Gasteiger partial charge in [0.1, 0.15) is 11.0 Å². The fourth-order valence-electron chi connectivity index (χ4n) is 4.69. The fourth-order valence-corrected chi connectivity index (χ4v) is 8.47. The minimum absolute atomic E-state index is 0.201. The molecular formula is C31H32NO3PS. The Labute approximate surface area is 223 Å². The van der Waals surface area contributed by atoms with Crippen LogP contribution in [0.3, 0.4) is 0 Å². The third-order valence-corrected chi connectivity index (χ3v) is 10.6. The summed E-state index contributed by atoms with van der Waals surface area (Å²) in [5.41, 5.74) is 2.16. The van der Waals surface area contributed by atoms with Crippen LogP contribution in [0.25, 0.3) is 0 Å². The van der Waals surface area contributed by atoms with Gasteiger partial charge in [-0.25, -0.2) is 8.51 Å². The number of rotatable bonds is 7. The zero-order chi connectivity index (χ0) is 26.0. The third-order valence-electron chi connectivity index (χ3n) is 6.35. The molecule has 2 unspecified atom stereocenters. The van der Waals surface area contributed by atoms with Crippen LogP contribution < -0.4 is 25.4 Å². The van der Waals surface area contributed by atoms with E-state index in [1.165, 1.54) is 15.9 Å². The number of nitrogens with zero attached hydrogens (tertiary/aromatic N) is 1. The van der Waals surface area contributed by atoms with E-state index < -0.39 is 23.7 Å². The first-order valence-corrected chi connectivity index (χ1v) is 14.8. The quantitative estimate of drug-likeness (QED) is 0.290. The number of hydrogen-bond donors (Lipinski definition) is 0. The molecule has 190 valence electrons. The molecule has 37 heavy (non-hydrogen) atoms. The summed E-state index contributed by atoms with van der Waals surface area (Å²) in [4.78, 5) is 0. The summed E-state index contributed by atoms with van der Waals surface area (Å²) in [5.74, 6) is 1.48. The van der Waals surface area contributed by atoms with Gasteiger partial charge in [0.25, 0.3) is 0 Å². The van der Waals surface area contributed by atoms with Crippen LogP contribution in [0.15, 0.2) is 103 Å². The summed E-state index contributed by atoms with van der Waals surface area (Å²) >= 11 is 0. The molecule has 6 heteroatoms. The largest absolute Gasteiger partial charge is 0.454 e. The van der Waals surface area contributed by atoms with Crippen LogP contribution in [0.2, 0.25) is 0 Å². The maximum Gasteiger partial charge on any atom is 0.231 e. The van der Waals surface area contributed by atoms with Gasteiger partial charge in [-0.2, -0.15) is 0 Å². The van der Waals surface area contributed by atoms with Gasteiger partial charge in [-0.05, 0) is 67.9 Å². The van der Waals surface area contributed by atoms with Gasteiger partial charge in [-0.3, -0.25) is 0 Å². The topological polar surface area (TPSA) is 38.8 Å². The van der Waals surface area contributed by atoms with Crippen LogP contribution in [0, 0.1) is 0 Å². The van der Waals surface area contributed by atoms with Gasteiger partial charge in [0.2, 0.25) is 6.79 Å². The lowest BCUT2D eigenvalue weighted by Crippen LogP contribution is -2.39. The van der Waals surface area contributed by atoms with Gasteiger partial charge in [0.05, 0.1) is 10.8 Å². The Bertz CT molecular complexity index is 1330. The standard InChI is InChI=1S/C31H32NO3PS/c1-31(2,3)37(33)32(4)30(23-14-8-5-9-15-23)26-20-27-28(35-22-34-27)21-29(26)36(24-16-10-6-11-17-24)25-18-12-7-13-19-25/h5-21,30H,22H2,1-4H3. The molecule has 1 heterocycles. The molecule has 0 N–H and O–H groups in total. The maximum atomic E-state index is 13.8. The van der Waals surface area contributed by atoms with E-state index >= 15 is 0 Å². The molecule has 4 aromatic carbocycles. The Balaban J connectivity index is 1.78. The van der Waals surface area contributed by atoms with Gasteiger partial charge < -0.3 is 9.47 Å². The second kappa shape index (κ2) is 10.8. The molecule has 0 saturated carbocycles. The first-order chi connectivity index (χ1) is 17.8. The Morgan fingerprint density at radius 3 is 1.78 bits per heavy atom. The van der Waals surface area contributed by atoms with E-state index in [1.807, 2.05) is 50.3 Å². The molecule has 0 saturated heterocycles. The molecule has 0 aromatic heterocycles. The van der Waals surface area contributed by atoms with Crippen molar-refractivity contribution in [3.63, 3.8) is 0 Å². The summed E-state index contributed by atoms with van der Waals surface area (Å²) in [6.07, 6.45) is 0. The minimum atomic E-state index is -1.25. The lowest BCUT2D eigenvalue weighted by molar-refractivity contribution is 0.174. The average Bonchev–Trinajstić information content (AvgIpc) is 3.37. The first kappa shape index (κ1) is 25.7. The van der Waals surface area contributed by atoms with Crippen LogP contribution >= 0.6 is 7.92 Å². The SMILES string of the molecule is CN(C(c1ccccc1)c1cc2c(cc1P(c1ccccc1)c1ccccc1)OCO2)S(=O)C(C)(C)C. The van der Waals surface area contributed by atoms with Crippen LogP contribution in [0.4, 0.5) is 0 Å². The summed E-state index contributed by atoms with van der Waals surface area (Å²) in [7, 11) is -0.224. The predicted molar refractivity (Wildman–Crippen MR) is 155 cm³/mol. The van der Waals surface area contributed by atoms with Crippen molar-refractivity contribution in [1.29, 1.82) is 0 Å². The molecule has 0 bridgehead atoms. The smallest absolute Gasteiger partial charge is 0.231 e. The van der Waals surface area contributed by atoms with Crippen molar-refractivity contribution in [2.75, 3.05) is 13.8 Å². The van der Waals surface area contributed by atoms with Gasteiger partial charge in [0, 0.05) is 7.05 Å². The zero-order valence-corrected chi connectivity index (χ0v) is 23.3. The van der Waals surface area contributed by atoms with Crippen LogP contribution in [-0.4, -0.2) is 27.1 Å². The highest BCUT2D eigenvalue weighted by Crippen LogP contribution is 2.44. The van der Waals surface area contributed by atoms with Crippen LogP contribution in [-0.2, 0) is 11.0 Å². The van der Waals surface area contributed by atoms with E-state index in [1.54, 1.807) is 0 Å². The number of benzene rings is 4. The van der Waals surface area contributed by atoms with Crippen LogP contribution in [0.1, 0.15) is 37.9 Å². The zero-order valence-electron chi connectivity index (χ0n) is 21.6. The fraction of sp³-hybridized carbons (Fsp3) is 0.226. The molecular weight excluding hydrogens is 497 g/mol. The molecule has 0 amide bonds.